The largest absolute Gasteiger partial charge is 0.325 e. The maximum absolute atomic E-state index is 12.4. The normalized spacial score (nSPS) is 11.8. The van der Waals surface area contributed by atoms with Gasteiger partial charge in [0.15, 0.2) is 0 Å². The Labute approximate surface area is 166 Å². The number of thioether (sulfide) groups is 1. The molecule has 0 radical (unpaired) electrons. The number of rotatable bonds is 5. The molecule has 0 bridgehead atoms. The van der Waals surface area contributed by atoms with E-state index in [1.807, 2.05) is 31.2 Å². The molecule has 27 heavy (non-hydrogen) atoms. The van der Waals surface area contributed by atoms with Gasteiger partial charge in [-0.25, -0.2) is 0 Å². The fourth-order valence-electron chi connectivity index (χ4n) is 2.34. The summed E-state index contributed by atoms with van der Waals surface area (Å²) in [6.45, 7) is 3.77. The van der Waals surface area contributed by atoms with Gasteiger partial charge in [0.05, 0.1) is 10.9 Å². The summed E-state index contributed by atoms with van der Waals surface area (Å²) in [4.78, 5) is 24.5. The van der Waals surface area contributed by atoms with Gasteiger partial charge in [-0.05, 0) is 56.3 Å². The smallest absolute Gasteiger partial charge is 0.271 e. The van der Waals surface area contributed by atoms with Gasteiger partial charge in [-0.1, -0.05) is 41.1 Å². The third-order valence-electron chi connectivity index (χ3n) is 3.83. The maximum Gasteiger partial charge on any atom is 0.271 e. The minimum absolute atomic E-state index is 0.155. The first-order valence-electron chi connectivity index (χ1n) is 8.33. The highest BCUT2D eigenvalue weighted by Gasteiger charge is 2.16. The standard InChI is InChI=1S/C20H18ClN3O2S/c1-13-3-9-17(10-4-13)24-19(25)12-11-18(23-24)27-14(2)20(26)22-16-7-5-15(21)6-8-16/h3-12,14H,1-2H3,(H,22,26)/t14-/m1/s1. The second-order valence-corrected chi connectivity index (χ2v) is 7.81. The van der Waals surface area contributed by atoms with Crippen molar-refractivity contribution in [2.45, 2.75) is 24.1 Å². The van der Waals surface area contributed by atoms with Crippen LogP contribution in [0.1, 0.15) is 12.5 Å². The average molecular weight is 400 g/mol. The van der Waals surface area contributed by atoms with Crippen molar-refractivity contribution in [3.8, 4) is 5.69 Å². The number of nitrogens with one attached hydrogen (secondary N) is 1. The number of halogens is 1. The fourth-order valence-corrected chi connectivity index (χ4v) is 3.27. The first kappa shape index (κ1) is 19.2. The van der Waals surface area contributed by atoms with Gasteiger partial charge < -0.3 is 5.32 Å². The Morgan fingerprint density at radius 3 is 2.41 bits per heavy atom. The molecule has 0 fully saturated rings. The lowest BCUT2D eigenvalue weighted by molar-refractivity contribution is -0.115. The summed E-state index contributed by atoms with van der Waals surface area (Å²) >= 11 is 7.14. The van der Waals surface area contributed by atoms with Crippen LogP contribution in [0, 0.1) is 6.92 Å². The number of aromatic nitrogens is 2. The minimum Gasteiger partial charge on any atom is -0.325 e. The lowest BCUT2D eigenvalue weighted by Crippen LogP contribution is -2.24. The molecular weight excluding hydrogens is 382 g/mol. The predicted octanol–water partition coefficient (Wildman–Crippen LogP) is 4.31. The van der Waals surface area contributed by atoms with Crippen LogP contribution >= 0.6 is 23.4 Å². The number of aryl methyl sites for hydroxylation is 1. The summed E-state index contributed by atoms with van der Waals surface area (Å²) in [6.07, 6.45) is 0. The summed E-state index contributed by atoms with van der Waals surface area (Å²) in [5.74, 6) is -0.155. The molecule has 0 saturated heterocycles. The van der Waals surface area contributed by atoms with E-state index in [9.17, 15) is 9.59 Å². The second kappa shape index (κ2) is 8.41. The third-order valence-corrected chi connectivity index (χ3v) is 5.11. The van der Waals surface area contributed by atoms with Gasteiger partial charge in [0.2, 0.25) is 5.91 Å². The van der Waals surface area contributed by atoms with Crippen LogP contribution in [-0.4, -0.2) is 20.9 Å². The lowest BCUT2D eigenvalue weighted by atomic mass is 10.2. The van der Waals surface area contributed by atoms with Crippen LogP contribution < -0.4 is 10.9 Å². The highest BCUT2D eigenvalue weighted by Crippen LogP contribution is 2.22. The quantitative estimate of drug-likeness (QED) is 0.649. The zero-order valence-electron chi connectivity index (χ0n) is 14.8. The van der Waals surface area contributed by atoms with E-state index >= 15 is 0 Å². The molecule has 1 atom stereocenters. The summed E-state index contributed by atoms with van der Waals surface area (Å²) in [5.41, 5.74) is 2.24. The number of hydrogen-bond acceptors (Lipinski definition) is 4. The van der Waals surface area contributed by atoms with Crippen molar-refractivity contribution in [2.24, 2.45) is 0 Å². The van der Waals surface area contributed by atoms with Crippen LogP contribution in [-0.2, 0) is 4.79 Å². The summed E-state index contributed by atoms with van der Waals surface area (Å²) in [7, 11) is 0. The molecule has 1 aromatic heterocycles. The van der Waals surface area contributed by atoms with Crippen LogP contribution in [0.15, 0.2) is 70.5 Å². The zero-order valence-corrected chi connectivity index (χ0v) is 16.4. The van der Waals surface area contributed by atoms with Gasteiger partial charge >= 0.3 is 0 Å². The topological polar surface area (TPSA) is 64.0 Å². The number of benzene rings is 2. The van der Waals surface area contributed by atoms with E-state index in [0.29, 0.717) is 21.4 Å². The van der Waals surface area contributed by atoms with Crippen LogP contribution in [0.2, 0.25) is 5.02 Å². The second-order valence-electron chi connectivity index (χ2n) is 6.01. The molecule has 1 amide bonds. The molecule has 0 saturated carbocycles. The number of carbonyl (C=O) groups is 1. The van der Waals surface area contributed by atoms with Gasteiger partial charge in [0.25, 0.3) is 5.56 Å². The Kier molecular flexibility index (Phi) is 5.98. The van der Waals surface area contributed by atoms with E-state index < -0.39 is 5.25 Å². The molecule has 0 unspecified atom stereocenters. The van der Waals surface area contributed by atoms with E-state index in [1.165, 1.54) is 22.5 Å². The van der Waals surface area contributed by atoms with Crippen molar-refractivity contribution in [3.05, 3.63) is 81.6 Å². The van der Waals surface area contributed by atoms with E-state index in [2.05, 4.69) is 10.4 Å². The van der Waals surface area contributed by atoms with Crippen molar-refractivity contribution in [2.75, 3.05) is 5.32 Å². The number of amides is 1. The highest BCUT2D eigenvalue weighted by molar-refractivity contribution is 8.00. The summed E-state index contributed by atoms with van der Waals surface area (Å²) in [6, 6.07) is 17.5. The minimum atomic E-state index is -0.392. The Morgan fingerprint density at radius 2 is 1.74 bits per heavy atom. The molecule has 2 aromatic carbocycles. The van der Waals surface area contributed by atoms with E-state index in [0.717, 1.165) is 5.56 Å². The Morgan fingerprint density at radius 1 is 1.07 bits per heavy atom. The zero-order chi connectivity index (χ0) is 19.4. The monoisotopic (exact) mass is 399 g/mol. The van der Waals surface area contributed by atoms with Crippen LogP contribution in [0.25, 0.3) is 5.69 Å². The first-order chi connectivity index (χ1) is 12.9. The number of hydrogen-bond donors (Lipinski definition) is 1. The SMILES string of the molecule is Cc1ccc(-n2nc(S[C@H](C)C(=O)Nc3ccc(Cl)cc3)ccc2=O)cc1. The first-order valence-corrected chi connectivity index (χ1v) is 9.58. The average Bonchev–Trinajstić information content (AvgIpc) is 2.66. The van der Waals surface area contributed by atoms with Gasteiger partial charge in [-0.2, -0.15) is 9.78 Å². The van der Waals surface area contributed by atoms with E-state index in [-0.39, 0.29) is 11.5 Å². The lowest BCUT2D eigenvalue weighted by Gasteiger charge is -2.12. The van der Waals surface area contributed by atoms with Crippen LogP contribution in [0.5, 0.6) is 0 Å². The van der Waals surface area contributed by atoms with E-state index in [1.54, 1.807) is 37.3 Å². The Bertz CT molecular complexity index is 1000. The molecule has 138 valence electrons. The predicted molar refractivity (Wildman–Crippen MR) is 110 cm³/mol. The molecule has 3 aromatic rings. The van der Waals surface area contributed by atoms with Crippen molar-refractivity contribution >= 4 is 35.0 Å². The molecule has 0 aliphatic rings. The van der Waals surface area contributed by atoms with Crippen molar-refractivity contribution in [1.82, 2.24) is 9.78 Å². The van der Waals surface area contributed by atoms with Crippen LogP contribution in [0.3, 0.4) is 0 Å². The molecule has 1 heterocycles. The van der Waals surface area contributed by atoms with Gasteiger partial charge in [0.1, 0.15) is 5.03 Å². The van der Waals surface area contributed by atoms with Gasteiger partial charge in [-0.15, -0.1) is 0 Å². The Balaban J connectivity index is 1.74. The third kappa shape index (κ3) is 4.99. The Hall–Kier alpha value is -2.57. The fraction of sp³-hybridized carbons (Fsp3) is 0.150. The molecule has 7 heteroatoms. The van der Waals surface area contributed by atoms with Crippen molar-refractivity contribution < 1.29 is 4.79 Å². The number of nitrogens with zero attached hydrogens (tertiary/aromatic N) is 2. The highest BCUT2D eigenvalue weighted by atomic mass is 35.5. The molecule has 3 rings (SSSR count). The summed E-state index contributed by atoms with van der Waals surface area (Å²) in [5, 5.41) is 8.03. The summed E-state index contributed by atoms with van der Waals surface area (Å²) < 4.78 is 1.34. The van der Waals surface area contributed by atoms with E-state index in [4.69, 9.17) is 11.6 Å². The molecule has 0 spiro atoms. The maximum atomic E-state index is 12.4. The number of carbonyl (C=O) groups excluding carboxylic acids is 1. The van der Waals surface area contributed by atoms with Crippen molar-refractivity contribution in [3.63, 3.8) is 0 Å². The molecular formula is C20H18ClN3O2S. The van der Waals surface area contributed by atoms with Crippen LogP contribution in [0.4, 0.5) is 5.69 Å². The number of anilines is 1. The molecule has 0 aliphatic carbocycles. The van der Waals surface area contributed by atoms with Crippen molar-refractivity contribution in [1.29, 1.82) is 0 Å². The molecule has 1 N–H and O–H groups in total. The molecule has 5 nitrogen and oxygen atoms in total. The van der Waals surface area contributed by atoms with Gasteiger partial charge in [-0.3, -0.25) is 9.59 Å². The van der Waals surface area contributed by atoms with Gasteiger partial charge in [0, 0.05) is 16.8 Å². The molecule has 0 aliphatic heterocycles.